The summed E-state index contributed by atoms with van der Waals surface area (Å²) in [5.74, 6) is 0.0907. The molecule has 0 aromatic heterocycles. The minimum absolute atomic E-state index is 0.0907. The lowest BCUT2D eigenvalue weighted by Crippen LogP contribution is -2.43. The van der Waals surface area contributed by atoms with Crippen LogP contribution in [0.3, 0.4) is 0 Å². The van der Waals surface area contributed by atoms with Crippen LogP contribution in [0.5, 0.6) is 0 Å². The average molecular weight is 264 g/mol. The Morgan fingerprint density at radius 1 is 1.35 bits per heavy atom. The van der Waals surface area contributed by atoms with E-state index in [-0.39, 0.29) is 12.3 Å². The van der Waals surface area contributed by atoms with Crippen molar-refractivity contribution in [3.63, 3.8) is 0 Å². The number of rotatable bonds is 7. The summed E-state index contributed by atoms with van der Waals surface area (Å²) >= 11 is 0. The average Bonchev–Trinajstić information content (AvgIpc) is 2.65. The molecule has 1 aliphatic carbocycles. The molecule has 0 bridgehead atoms. The summed E-state index contributed by atoms with van der Waals surface area (Å²) in [7, 11) is -1.69. The first-order chi connectivity index (χ1) is 7.90. The van der Waals surface area contributed by atoms with Crippen molar-refractivity contribution in [1.82, 2.24) is 9.62 Å². The topological polar surface area (TPSA) is 69.6 Å². The van der Waals surface area contributed by atoms with Crippen LogP contribution in [-0.4, -0.2) is 55.9 Å². The van der Waals surface area contributed by atoms with Crippen molar-refractivity contribution in [2.45, 2.75) is 38.2 Å². The van der Waals surface area contributed by atoms with Crippen molar-refractivity contribution in [2.24, 2.45) is 0 Å². The summed E-state index contributed by atoms with van der Waals surface area (Å²) in [5.41, 5.74) is -0.806. The molecule has 1 rings (SSSR count). The summed E-state index contributed by atoms with van der Waals surface area (Å²) in [4.78, 5) is 0. The molecule has 5 nitrogen and oxygen atoms in total. The second-order valence-corrected chi connectivity index (χ2v) is 7.05. The van der Waals surface area contributed by atoms with Crippen LogP contribution in [0.25, 0.3) is 0 Å². The summed E-state index contributed by atoms with van der Waals surface area (Å²) in [6.07, 6.45) is 3.39. The fourth-order valence-corrected chi connectivity index (χ4v) is 3.39. The van der Waals surface area contributed by atoms with Gasteiger partial charge in [0.25, 0.3) is 0 Å². The molecule has 0 spiro atoms. The third-order valence-corrected chi connectivity index (χ3v) is 5.11. The number of sulfonamides is 1. The van der Waals surface area contributed by atoms with E-state index in [1.54, 1.807) is 7.05 Å². The van der Waals surface area contributed by atoms with Gasteiger partial charge in [-0.1, -0.05) is 19.8 Å². The standard InChI is InChI=1S/C11H24N2O3S/c1-3-12-8-9-17(15,16)13(2)10-11(14)6-4-5-7-11/h12,14H,3-10H2,1-2H3. The van der Waals surface area contributed by atoms with Gasteiger partial charge in [0.05, 0.1) is 11.4 Å². The van der Waals surface area contributed by atoms with Gasteiger partial charge in [-0.25, -0.2) is 12.7 Å². The van der Waals surface area contributed by atoms with Crippen molar-refractivity contribution >= 4 is 10.0 Å². The van der Waals surface area contributed by atoms with Gasteiger partial charge in [-0.15, -0.1) is 0 Å². The fraction of sp³-hybridized carbons (Fsp3) is 1.00. The van der Waals surface area contributed by atoms with E-state index in [2.05, 4.69) is 5.32 Å². The number of hydrogen-bond donors (Lipinski definition) is 2. The van der Waals surface area contributed by atoms with Gasteiger partial charge in [0.2, 0.25) is 10.0 Å². The van der Waals surface area contributed by atoms with E-state index < -0.39 is 15.6 Å². The second kappa shape index (κ2) is 6.13. The highest BCUT2D eigenvalue weighted by molar-refractivity contribution is 7.89. The first kappa shape index (κ1) is 14.9. The normalized spacial score (nSPS) is 20.0. The lowest BCUT2D eigenvalue weighted by atomic mass is 10.0. The Bertz CT molecular complexity index is 324. The van der Waals surface area contributed by atoms with Crippen LogP contribution in [0, 0.1) is 0 Å². The van der Waals surface area contributed by atoms with Crippen molar-refractivity contribution in [3.8, 4) is 0 Å². The Balaban J connectivity index is 2.47. The number of likely N-dealkylation sites (N-methyl/N-ethyl adjacent to an activating group) is 1. The molecular formula is C11H24N2O3S. The van der Waals surface area contributed by atoms with E-state index in [1.807, 2.05) is 6.92 Å². The Kier molecular flexibility index (Phi) is 5.37. The van der Waals surface area contributed by atoms with Gasteiger partial charge in [0.15, 0.2) is 0 Å². The molecule has 0 aliphatic heterocycles. The lowest BCUT2D eigenvalue weighted by Gasteiger charge is -2.28. The summed E-state index contributed by atoms with van der Waals surface area (Å²) in [6.45, 7) is 3.39. The molecular weight excluding hydrogens is 240 g/mol. The zero-order valence-corrected chi connectivity index (χ0v) is 11.6. The molecule has 0 aromatic carbocycles. The predicted octanol–water partition coefficient (Wildman–Crippen LogP) is 0.163. The largest absolute Gasteiger partial charge is 0.389 e. The van der Waals surface area contributed by atoms with Gasteiger partial charge in [0, 0.05) is 20.1 Å². The monoisotopic (exact) mass is 264 g/mol. The summed E-state index contributed by atoms with van der Waals surface area (Å²) < 4.78 is 25.1. The van der Waals surface area contributed by atoms with Gasteiger partial charge in [-0.05, 0) is 19.4 Å². The molecule has 0 heterocycles. The van der Waals surface area contributed by atoms with Crippen molar-refractivity contribution in [2.75, 3.05) is 32.4 Å². The van der Waals surface area contributed by atoms with Crippen LogP contribution in [0.4, 0.5) is 0 Å². The molecule has 6 heteroatoms. The molecule has 17 heavy (non-hydrogen) atoms. The molecule has 2 N–H and O–H groups in total. The van der Waals surface area contributed by atoms with E-state index >= 15 is 0 Å². The molecule has 0 unspecified atom stereocenters. The highest BCUT2D eigenvalue weighted by Gasteiger charge is 2.34. The van der Waals surface area contributed by atoms with Crippen LogP contribution < -0.4 is 5.32 Å². The minimum Gasteiger partial charge on any atom is -0.389 e. The molecule has 0 amide bonds. The lowest BCUT2D eigenvalue weighted by molar-refractivity contribution is 0.0333. The molecule has 102 valence electrons. The van der Waals surface area contributed by atoms with Crippen molar-refractivity contribution < 1.29 is 13.5 Å². The van der Waals surface area contributed by atoms with Gasteiger partial charge in [0.1, 0.15) is 0 Å². The summed E-state index contributed by atoms with van der Waals surface area (Å²) in [6, 6.07) is 0. The predicted molar refractivity (Wildman–Crippen MR) is 68.4 cm³/mol. The first-order valence-electron chi connectivity index (χ1n) is 6.27. The number of hydrogen-bond acceptors (Lipinski definition) is 4. The number of aliphatic hydroxyl groups is 1. The number of nitrogens with one attached hydrogen (secondary N) is 1. The molecule has 0 atom stereocenters. The third kappa shape index (κ3) is 4.54. The first-order valence-corrected chi connectivity index (χ1v) is 7.88. The molecule has 0 aromatic rings. The zero-order chi connectivity index (χ0) is 12.9. The van der Waals surface area contributed by atoms with Gasteiger partial charge in [-0.3, -0.25) is 0 Å². The maximum Gasteiger partial charge on any atom is 0.215 e. The maximum atomic E-state index is 11.9. The Morgan fingerprint density at radius 2 is 1.94 bits per heavy atom. The molecule has 1 aliphatic rings. The van der Waals surface area contributed by atoms with Gasteiger partial charge in [-0.2, -0.15) is 0 Å². The highest BCUT2D eigenvalue weighted by Crippen LogP contribution is 2.30. The van der Waals surface area contributed by atoms with Gasteiger partial charge >= 0.3 is 0 Å². The quantitative estimate of drug-likeness (QED) is 0.643. The van der Waals surface area contributed by atoms with E-state index in [1.165, 1.54) is 4.31 Å². The molecule has 0 radical (unpaired) electrons. The smallest absolute Gasteiger partial charge is 0.215 e. The number of nitrogens with zero attached hydrogens (tertiary/aromatic N) is 1. The van der Waals surface area contributed by atoms with E-state index in [0.29, 0.717) is 19.4 Å². The van der Waals surface area contributed by atoms with Crippen LogP contribution in [0.2, 0.25) is 0 Å². The maximum absolute atomic E-state index is 11.9. The SMILES string of the molecule is CCNCCS(=O)(=O)N(C)CC1(O)CCCC1. The molecule has 0 saturated heterocycles. The fourth-order valence-electron chi connectivity index (χ4n) is 2.24. The molecule has 1 fully saturated rings. The van der Waals surface area contributed by atoms with Crippen LogP contribution in [0.1, 0.15) is 32.6 Å². The third-order valence-electron chi connectivity index (χ3n) is 3.31. The van der Waals surface area contributed by atoms with Crippen molar-refractivity contribution in [3.05, 3.63) is 0 Å². The van der Waals surface area contributed by atoms with Crippen LogP contribution >= 0.6 is 0 Å². The Hall–Kier alpha value is -0.170. The summed E-state index contributed by atoms with van der Waals surface area (Å²) in [5, 5.41) is 13.2. The second-order valence-electron chi connectivity index (χ2n) is 4.86. The molecule has 1 saturated carbocycles. The van der Waals surface area contributed by atoms with E-state index in [0.717, 1.165) is 19.4 Å². The van der Waals surface area contributed by atoms with Crippen LogP contribution in [0.15, 0.2) is 0 Å². The Labute approximate surface area is 104 Å². The minimum atomic E-state index is -3.25. The Morgan fingerprint density at radius 3 is 2.47 bits per heavy atom. The van der Waals surface area contributed by atoms with Crippen molar-refractivity contribution in [1.29, 1.82) is 0 Å². The van der Waals surface area contributed by atoms with Crippen LogP contribution in [-0.2, 0) is 10.0 Å². The zero-order valence-electron chi connectivity index (χ0n) is 10.8. The highest BCUT2D eigenvalue weighted by atomic mass is 32.2. The van der Waals surface area contributed by atoms with Gasteiger partial charge < -0.3 is 10.4 Å². The van der Waals surface area contributed by atoms with E-state index in [4.69, 9.17) is 0 Å². The van der Waals surface area contributed by atoms with E-state index in [9.17, 15) is 13.5 Å².